The smallest absolute Gasteiger partial charge is 0.115 e. The monoisotopic (exact) mass is 453 g/mol. The van der Waals surface area contributed by atoms with E-state index in [4.69, 9.17) is 15.0 Å². The molecule has 0 radical (unpaired) electrons. The molecule has 9 atom stereocenters. The minimum atomic E-state index is -0.791. The first-order chi connectivity index (χ1) is 13.3. The van der Waals surface area contributed by atoms with Crippen molar-refractivity contribution in [3.8, 4) is 0 Å². The van der Waals surface area contributed by atoms with E-state index in [-0.39, 0.29) is 22.3 Å². The van der Waals surface area contributed by atoms with E-state index >= 15 is 0 Å². The van der Waals surface area contributed by atoms with Crippen LogP contribution < -0.4 is 0 Å². The van der Waals surface area contributed by atoms with Crippen LogP contribution in [0.2, 0.25) is 0 Å². The van der Waals surface area contributed by atoms with Crippen LogP contribution in [0.5, 0.6) is 0 Å². The Kier molecular flexibility index (Phi) is 4.12. The molecule has 2 bridgehead atoms. The zero-order valence-electron chi connectivity index (χ0n) is 16.3. The van der Waals surface area contributed by atoms with Gasteiger partial charge in [0.1, 0.15) is 11.2 Å². The van der Waals surface area contributed by atoms with E-state index in [1.165, 1.54) is 0 Å². The average Bonchev–Trinajstić information content (AvgIpc) is 3.17. The topological polar surface area (TPSA) is 108 Å². The number of halogens is 1. The number of aliphatic hydroxyl groups excluding tert-OH is 2. The molecule has 0 amide bonds. The van der Waals surface area contributed by atoms with Gasteiger partial charge in [-0.3, -0.25) is 0 Å². The Hall–Kier alpha value is -0.630. The van der Waals surface area contributed by atoms with Crippen LogP contribution in [0.25, 0.3) is 10.4 Å². The highest BCUT2D eigenvalue weighted by atomic mass is 79.9. The molecule has 0 aromatic heterocycles. The van der Waals surface area contributed by atoms with E-state index in [9.17, 15) is 10.2 Å². The van der Waals surface area contributed by atoms with E-state index < -0.39 is 28.9 Å². The number of alkyl halides is 1. The van der Waals surface area contributed by atoms with Gasteiger partial charge in [0.15, 0.2) is 0 Å². The first-order valence-corrected chi connectivity index (χ1v) is 11.2. The van der Waals surface area contributed by atoms with Crippen LogP contribution >= 0.6 is 15.9 Å². The van der Waals surface area contributed by atoms with Crippen LogP contribution in [0.3, 0.4) is 0 Å². The fourth-order valence-electron chi connectivity index (χ4n) is 7.39. The minimum Gasteiger partial charge on any atom is -0.393 e. The van der Waals surface area contributed by atoms with Crippen molar-refractivity contribution in [1.82, 2.24) is 0 Å². The van der Waals surface area contributed by atoms with Gasteiger partial charge in [-0.2, -0.15) is 0 Å². The number of aliphatic hydroxyl groups is 2. The summed E-state index contributed by atoms with van der Waals surface area (Å²) in [7, 11) is 1.76. The molecule has 7 nitrogen and oxygen atoms in total. The summed E-state index contributed by atoms with van der Waals surface area (Å²) in [5.41, 5.74) is 8.26. The van der Waals surface area contributed by atoms with Crippen LogP contribution in [-0.4, -0.2) is 57.2 Å². The summed E-state index contributed by atoms with van der Waals surface area (Å²) in [5, 5.41) is 25.4. The summed E-state index contributed by atoms with van der Waals surface area (Å²) < 4.78 is 13.3. The van der Waals surface area contributed by atoms with Crippen molar-refractivity contribution in [2.75, 3.05) is 7.11 Å². The van der Waals surface area contributed by atoms with Gasteiger partial charge in [0, 0.05) is 12.0 Å². The highest BCUT2D eigenvalue weighted by molar-refractivity contribution is 9.09. The van der Waals surface area contributed by atoms with Crippen molar-refractivity contribution in [2.24, 2.45) is 16.4 Å². The van der Waals surface area contributed by atoms with Gasteiger partial charge in [-0.15, -0.1) is 0 Å². The number of nitrogens with zero attached hydrogens (tertiary/aromatic N) is 3. The van der Waals surface area contributed by atoms with Crippen molar-refractivity contribution in [1.29, 1.82) is 0 Å². The van der Waals surface area contributed by atoms with Gasteiger partial charge < -0.3 is 19.7 Å². The lowest BCUT2D eigenvalue weighted by molar-refractivity contribution is -0.268. The lowest BCUT2D eigenvalue weighted by atomic mass is 9.54. The maximum absolute atomic E-state index is 10.8. The van der Waals surface area contributed by atoms with Crippen molar-refractivity contribution < 1.29 is 19.7 Å². The Morgan fingerprint density at radius 1 is 1.29 bits per heavy atom. The molecule has 3 aliphatic carbocycles. The predicted molar refractivity (Wildman–Crippen MR) is 106 cm³/mol. The summed E-state index contributed by atoms with van der Waals surface area (Å²) in [4.78, 5) is 2.62. The number of ether oxygens (including phenoxy) is 2. The lowest BCUT2D eigenvalue weighted by Gasteiger charge is -2.62. The maximum atomic E-state index is 10.8. The molecule has 0 aromatic carbocycles. The Labute approximate surface area is 173 Å². The van der Waals surface area contributed by atoms with Gasteiger partial charge in [0.05, 0.1) is 28.7 Å². The highest BCUT2D eigenvalue weighted by Crippen LogP contribution is 2.70. The van der Waals surface area contributed by atoms with Gasteiger partial charge in [0.25, 0.3) is 0 Å². The highest BCUT2D eigenvalue weighted by Gasteiger charge is 2.75. The number of rotatable bonds is 2. The van der Waals surface area contributed by atoms with E-state index in [1.807, 2.05) is 0 Å². The summed E-state index contributed by atoms with van der Waals surface area (Å²) in [6.07, 6.45) is 6.71. The molecule has 5 aliphatic rings. The van der Waals surface area contributed by atoms with Crippen molar-refractivity contribution in [3.05, 3.63) is 22.1 Å². The largest absolute Gasteiger partial charge is 0.393 e. The minimum absolute atomic E-state index is 0.162. The fraction of sp³-hybridized carbons (Fsp3) is 0.900. The number of hydrogen-bond acceptors (Lipinski definition) is 5. The third-order valence-electron chi connectivity index (χ3n) is 8.89. The molecule has 3 saturated carbocycles. The van der Waals surface area contributed by atoms with Crippen LogP contribution in [0.1, 0.15) is 51.9 Å². The zero-order chi connectivity index (χ0) is 19.9. The molecule has 2 N–H and O–H groups in total. The van der Waals surface area contributed by atoms with Crippen LogP contribution in [-0.2, 0) is 9.47 Å². The average molecular weight is 454 g/mol. The number of azide groups is 1. The summed E-state index contributed by atoms with van der Waals surface area (Å²) >= 11 is 3.67. The molecule has 154 valence electrons. The standard InChI is InChI=1S/C20H28BrN3O4/c1-17-5-7-19(27-2)9-11-15(21)16(26)12(23-24-22)10-18(11)6-8-20(19,28-18)13(17)3-4-14(17)25/h9,12-16,25-26H,3-8,10H2,1-2H3/t12-,13+,14-,15-,16+,17-,18+,19-,20-/m0/s1. The van der Waals surface area contributed by atoms with Crippen LogP contribution in [0.15, 0.2) is 16.8 Å². The molecule has 1 saturated heterocycles. The molecule has 4 fully saturated rings. The van der Waals surface area contributed by atoms with E-state index in [1.54, 1.807) is 7.11 Å². The van der Waals surface area contributed by atoms with Crippen LogP contribution in [0.4, 0.5) is 0 Å². The molecule has 2 spiro atoms. The second-order valence-electron chi connectivity index (χ2n) is 9.70. The fourth-order valence-corrected chi connectivity index (χ4v) is 8.29. The van der Waals surface area contributed by atoms with Crippen LogP contribution in [0, 0.1) is 11.3 Å². The number of fused-ring (bicyclic) bond motifs is 1. The summed E-state index contributed by atoms with van der Waals surface area (Å²) in [6.45, 7) is 2.21. The maximum Gasteiger partial charge on any atom is 0.115 e. The van der Waals surface area contributed by atoms with Gasteiger partial charge in [-0.25, -0.2) is 0 Å². The Bertz CT molecular complexity index is 787. The van der Waals surface area contributed by atoms with Gasteiger partial charge in [-0.1, -0.05) is 28.0 Å². The summed E-state index contributed by atoms with van der Waals surface area (Å²) in [5.74, 6) is 0.222. The SMILES string of the molecule is CO[C@@]12C=C3[C@H](Br)[C@H](O)[C@@H](N=[N+]=[N-])C[C@]34CC[C@]1(O4)[C@@H]1CC[C@H](O)[C@@]1(C)CC2. The van der Waals surface area contributed by atoms with Crippen molar-refractivity contribution in [3.63, 3.8) is 0 Å². The summed E-state index contributed by atoms with van der Waals surface area (Å²) in [6, 6.07) is -0.527. The third-order valence-corrected chi connectivity index (χ3v) is 9.92. The lowest BCUT2D eigenvalue weighted by Crippen LogP contribution is -2.69. The second-order valence-corrected chi connectivity index (χ2v) is 10.7. The molecule has 2 aliphatic heterocycles. The second kappa shape index (κ2) is 5.96. The van der Waals surface area contributed by atoms with E-state index in [2.05, 4.69) is 39.0 Å². The molecule has 8 heteroatoms. The Morgan fingerprint density at radius 3 is 2.79 bits per heavy atom. The van der Waals surface area contributed by atoms with Gasteiger partial charge >= 0.3 is 0 Å². The normalized spacial score (nSPS) is 56.9. The molecule has 28 heavy (non-hydrogen) atoms. The molecular formula is C20H28BrN3O4. The third kappa shape index (κ3) is 2.07. The predicted octanol–water partition coefficient (Wildman–Crippen LogP) is 3.38. The number of hydrogen-bond donors (Lipinski definition) is 2. The van der Waals surface area contributed by atoms with Crippen molar-refractivity contribution >= 4 is 15.9 Å². The Morgan fingerprint density at radius 2 is 2.07 bits per heavy atom. The Balaban J connectivity index is 1.66. The quantitative estimate of drug-likeness (QED) is 0.219. The zero-order valence-corrected chi connectivity index (χ0v) is 17.9. The molecular weight excluding hydrogens is 426 g/mol. The molecule has 0 aromatic rings. The van der Waals surface area contributed by atoms with E-state index in [0.717, 1.165) is 44.1 Å². The van der Waals surface area contributed by atoms with Gasteiger partial charge in [-0.05, 0) is 73.5 Å². The number of methoxy groups -OCH3 is 1. The first kappa shape index (κ1) is 19.3. The first-order valence-electron chi connectivity index (χ1n) is 10.3. The molecule has 0 unspecified atom stereocenters. The molecule has 5 rings (SSSR count). The van der Waals surface area contributed by atoms with Gasteiger partial charge in [0.2, 0.25) is 0 Å². The molecule has 2 heterocycles. The van der Waals surface area contributed by atoms with Crippen molar-refractivity contribution in [2.45, 2.75) is 91.7 Å². The van der Waals surface area contributed by atoms with E-state index in [0.29, 0.717) is 6.42 Å².